The van der Waals surface area contributed by atoms with Crippen molar-refractivity contribution in [3.05, 3.63) is 29.5 Å². The molecule has 2 N–H and O–H groups in total. The molecule has 2 aromatic rings. The Labute approximate surface area is 97.7 Å². The number of H-pyrrole nitrogens is 1. The van der Waals surface area contributed by atoms with E-state index in [0.29, 0.717) is 23.6 Å². The highest BCUT2D eigenvalue weighted by molar-refractivity contribution is 5.44. The number of hydrogen-bond acceptors (Lipinski definition) is 5. The maximum absolute atomic E-state index is 13.3. The number of anilines is 1. The molecule has 0 bridgehead atoms. The van der Waals surface area contributed by atoms with Crippen molar-refractivity contribution in [2.24, 2.45) is 0 Å². The summed E-state index contributed by atoms with van der Waals surface area (Å²) in [4.78, 5) is 4.09. The van der Waals surface area contributed by atoms with Crippen LogP contribution in [0.3, 0.4) is 0 Å². The SMILES string of the molecule is Cc1c(F)ccnc1NC(C)Cc1nn[nH]n1. The first kappa shape index (κ1) is 11.4. The fraction of sp³-hybridized carbons (Fsp3) is 0.400. The molecule has 2 heterocycles. The molecule has 7 heteroatoms. The smallest absolute Gasteiger partial charge is 0.176 e. The van der Waals surface area contributed by atoms with E-state index >= 15 is 0 Å². The first-order chi connectivity index (χ1) is 8.16. The average molecular weight is 236 g/mol. The van der Waals surface area contributed by atoms with Crippen molar-refractivity contribution in [2.75, 3.05) is 5.32 Å². The molecule has 1 unspecified atom stereocenters. The summed E-state index contributed by atoms with van der Waals surface area (Å²) in [5.74, 6) is 0.884. The van der Waals surface area contributed by atoms with Crippen LogP contribution in [0.2, 0.25) is 0 Å². The standard InChI is InChI=1S/C10H13FN6/c1-6(5-9-14-16-17-15-9)13-10-7(2)8(11)3-4-12-10/h3-4,6H,5H2,1-2H3,(H,12,13)(H,14,15,16,17). The molecule has 0 spiro atoms. The molecule has 2 rings (SSSR count). The van der Waals surface area contributed by atoms with Crippen molar-refractivity contribution in [1.29, 1.82) is 0 Å². The molecule has 6 nitrogen and oxygen atoms in total. The van der Waals surface area contributed by atoms with Crippen LogP contribution in [0.5, 0.6) is 0 Å². The highest BCUT2D eigenvalue weighted by Crippen LogP contribution is 2.15. The Bertz CT molecular complexity index is 484. The third-order valence-corrected chi connectivity index (χ3v) is 2.40. The van der Waals surface area contributed by atoms with Crippen molar-refractivity contribution in [3.63, 3.8) is 0 Å². The molecule has 90 valence electrons. The first-order valence-electron chi connectivity index (χ1n) is 5.27. The lowest BCUT2D eigenvalue weighted by atomic mass is 10.2. The Morgan fingerprint density at radius 1 is 1.53 bits per heavy atom. The van der Waals surface area contributed by atoms with Crippen LogP contribution in [0.4, 0.5) is 10.2 Å². The summed E-state index contributed by atoms with van der Waals surface area (Å²) in [6.45, 7) is 3.63. The lowest BCUT2D eigenvalue weighted by Crippen LogP contribution is -2.20. The third-order valence-electron chi connectivity index (χ3n) is 2.40. The van der Waals surface area contributed by atoms with Gasteiger partial charge in [-0.2, -0.15) is 5.21 Å². The minimum absolute atomic E-state index is 0.0422. The molecule has 0 aliphatic rings. The number of aromatic amines is 1. The van der Waals surface area contributed by atoms with Crippen molar-refractivity contribution in [3.8, 4) is 0 Å². The quantitative estimate of drug-likeness (QED) is 0.830. The van der Waals surface area contributed by atoms with Gasteiger partial charge in [0.1, 0.15) is 11.6 Å². The number of nitrogens with one attached hydrogen (secondary N) is 2. The predicted octanol–water partition coefficient (Wildman–Crippen LogP) is 1.09. The molecule has 0 fully saturated rings. The van der Waals surface area contributed by atoms with Gasteiger partial charge < -0.3 is 5.32 Å². The molecular formula is C10H13FN6. The zero-order valence-corrected chi connectivity index (χ0v) is 9.61. The number of aromatic nitrogens is 5. The van der Waals surface area contributed by atoms with Crippen molar-refractivity contribution in [1.82, 2.24) is 25.6 Å². The summed E-state index contributed by atoms with van der Waals surface area (Å²) >= 11 is 0. The summed E-state index contributed by atoms with van der Waals surface area (Å²) in [6, 6.07) is 1.38. The van der Waals surface area contributed by atoms with E-state index in [0.717, 1.165) is 0 Å². The predicted molar refractivity (Wildman–Crippen MR) is 59.9 cm³/mol. The van der Waals surface area contributed by atoms with E-state index in [2.05, 4.69) is 30.9 Å². The largest absolute Gasteiger partial charge is 0.367 e. The van der Waals surface area contributed by atoms with E-state index in [1.165, 1.54) is 12.3 Å². The molecule has 17 heavy (non-hydrogen) atoms. The van der Waals surface area contributed by atoms with Gasteiger partial charge in [-0.25, -0.2) is 9.37 Å². The van der Waals surface area contributed by atoms with E-state index in [1.807, 2.05) is 6.92 Å². The zero-order chi connectivity index (χ0) is 12.3. The summed E-state index contributed by atoms with van der Waals surface area (Å²) in [7, 11) is 0. The average Bonchev–Trinajstić information content (AvgIpc) is 2.77. The number of halogens is 1. The van der Waals surface area contributed by atoms with Crippen LogP contribution in [-0.2, 0) is 6.42 Å². The van der Waals surface area contributed by atoms with Crippen LogP contribution in [0.15, 0.2) is 12.3 Å². The number of tetrazole rings is 1. The lowest BCUT2D eigenvalue weighted by molar-refractivity contribution is 0.615. The van der Waals surface area contributed by atoms with Gasteiger partial charge in [0.05, 0.1) is 0 Å². The van der Waals surface area contributed by atoms with E-state index in [9.17, 15) is 4.39 Å². The molecular weight excluding hydrogens is 223 g/mol. The van der Waals surface area contributed by atoms with Gasteiger partial charge in [0, 0.05) is 24.2 Å². The Balaban J connectivity index is 2.03. The van der Waals surface area contributed by atoms with E-state index in [4.69, 9.17) is 0 Å². The third kappa shape index (κ3) is 2.74. The second kappa shape index (κ2) is 4.86. The van der Waals surface area contributed by atoms with Crippen LogP contribution in [0, 0.1) is 12.7 Å². The molecule has 0 aromatic carbocycles. The second-order valence-electron chi connectivity index (χ2n) is 3.84. The van der Waals surface area contributed by atoms with E-state index in [1.54, 1.807) is 6.92 Å². The monoisotopic (exact) mass is 236 g/mol. The minimum atomic E-state index is -0.269. The molecule has 1 atom stereocenters. The number of hydrogen-bond donors (Lipinski definition) is 2. The van der Waals surface area contributed by atoms with Crippen molar-refractivity contribution < 1.29 is 4.39 Å². The maximum atomic E-state index is 13.3. The highest BCUT2D eigenvalue weighted by atomic mass is 19.1. The molecule has 0 saturated carbocycles. The van der Waals surface area contributed by atoms with Gasteiger partial charge in [-0.1, -0.05) is 5.21 Å². The number of nitrogens with zero attached hydrogens (tertiary/aromatic N) is 4. The molecule has 2 aromatic heterocycles. The molecule has 0 saturated heterocycles. The normalized spacial score (nSPS) is 12.4. The summed E-state index contributed by atoms with van der Waals surface area (Å²) in [5.41, 5.74) is 0.507. The van der Waals surface area contributed by atoms with Gasteiger partial charge in [-0.05, 0) is 19.9 Å². The highest BCUT2D eigenvalue weighted by Gasteiger charge is 2.10. The van der Waals surface area contributed by atoms with E-state index < -0.39 is 0 Å². The van der Waals surface area contributed by atoms with E-state index in [-0.39, 0.29) is 11.9 Å². The van der Waals surface area contributed by atoms with Gasteiger partial charge in [-0.15, -0.1) is 10.2 Å². The minimum Gasteiger partial charge on any atom is -0.367 e. The van der Waals surface area contributed by atoms with Gasteiger partial charge in [0.25, 0.3) is 0 Å². The Morgan fingerprint density at radius 3 is 3.06 bits per heavy atom. The van der Waals surface area contributed by atoms with Gasteiger partial charge in [0.2, 0.25) is 0 Å². The summed E-state index contributed by atoms with van der Waals surface area (Å²) < 4.78 is 13.3. The van der Waals surface area contributed by atoms with Crippen molar-refractivity contribution in [2.45, 2.75) is 26.3 Å². The summed E-state index contributed by atoms with van der Waals surface area (Å²) in [5, 5.41) is 16.7. The first-order valence-corrected chi connectivity index (χ1v) is 5.27. The van der Waals surface area contributed by atoms with Gasteiger partial charge in [-0.3, -0.25) is 0 Å². The fourth-order valence-corrected chi connectivity index (χ4v) is 1.48. The second-order valence-corrected chi connectivity index (χ2v) is 3.84. The molecule has 0 aliphatic heterocycles. The Kier molecular flexibility index (Phi) is 3.27. The Morgan fingerprint density at radius 2 is 2.35 bits per heavy atom. The van der Waals surface area contributed by atoms with Crippen LogP contribution in [0.1, 0.15) is 18.3 Å². The fourth-order valence-electron chi connectivity index (χ4n) is 1.48. The molecule has 0 amide bonds. The lowest BCUT2D eigenvalue weighted by Gasteiger charge is -2.14. The summed E-state index contributed by atoms with van der Waals surface area (Å²) in [6.07, 6.45) is 2.03. The molecule has 0 aliphatic carbocycles. The maximum Gasteiger partial charge on any atom is 0.176 e. The topological polar surface area (TPSA) is 79.4 Å². The zero-order valence-electron chi connectivity index (χ0n) is 9.61. The van der Waals surface area contributed by atoms with Gasteiger partial charge >= 0.3 is 0 Å². The van der Waals surface area contributed by atoms with Gasteiger partial charge in [0.15, 0.2) is 5.82 Å². The number of rotatable bonds is 4. The molecule has 0 radical (unpaired) electrons. The van der Waals surface area contributed by atoms with Crippen molar-refractivity contribution >= 4 is 5.82 Å². The number of pyridine rings is 1. The van der Waals surface area contributed by atoms with Crippen LogP contribution >= 0.6 is 0 Å². The van der Waals surface area contributed by atoms with Crippen LogP contribution in [-0.4, -0.2) is 31.6 Å². The van der Waals surface area contributed by atoms with Crippen LogP contribution in [0.25, 0.3) is 0 Å². The Hall–Kier alpha value is -2.05. The van der Waals surface area contributed by atoms with Crippen LogP contribution < -0.4 is 5.32 Å².